The monoisotopic (exact) mass is 392 g/mol. The summed E-state index contributed by atoms with van der Waals surface area (Å²) in [6, 6.07) is 0. The molecule has 0 saturated heterocycles. The smallest absolute Gasteiger partial charge is 0.100 e. The van der Waals surface area contributed by atoms with Gasteiger partial charge in [-0.3, -0.25) is 0 Å². The summed E-state index contributed by atoms with van der Waals surface area (Å²) < 4.78 is 0. The lowest BCUT2D eigenvalue weighted by Gasteiger charge is -2.31. The second-order valence-electron chi connectivity index (χ2n) is 8.91. The Balaban J connectivity index is 1.77. The first-order chi connectivity index (χ1) is 13.8. The molecule has 0 bridgehead atoms. The van der Waals surface area contributed by atoms with Crippen LogP contribution in [0, 0.1) is 0 Å². The van der Waals surface area contributed by atoms with E-state index in [0.29, 0.717) is 6.17 Å². The van der Waals surface area contributed by atoms with E-state index in [4.69, 9.17) is 0 Å². The zero-order valence-electron chi connectivity index (χ0n) is 19.8. The zero-order valence-corrected chi connectivity index (χ0v) is 19.8. The van der Waals surface area contributed by atoms with Crippen LogP contribution in [0.2, 0.25) is 0 Å². The molecule has 2 heteroatoms. The van der Waals surface area contributed by atoms with Crippen molar-refractivity contribution in [3.63, 3.8) is 0 Å². The highest BCUT2D eigenvalue weighted by Gasteiger charge is 2.22. The lowest BCUT2D eigenvalue weighted by molar-refractivity contribution is 0.151. The molecule has 1 heterocycles. The van der Waals surface area contributed by atoms with Crippen molar-refractivity contribution < 1.29 is 0 Å². The van der Waals surface area contributed by atoms with E-state index in [1.54, 1.807) is 0 Å². The molecule has 0 aliphatic carbocycles. The molecule has 0 N–H and O–H groups in total. The first-order valence-electron chi connectivity index (χ1n) is 13.0. The molecule has 1 atom stereocenters. The first-order valence-corrected chi connectivity index (χ1v) is 13.0. The zero-order chi connectivity index (χ0) is 20.3. The molecule has 0 aromatic heterocycles. The molecule has 0 aromatic carbocycles. The number of hydrogen-bond donors (Lipinski definition) is 0. The van der Waals surface area contributed by atoms with Crippen LogP contribution >= 0.6 is 0 Å². The largest absolute Gasteiger partial charge is 0.356 e. The van der Waals surface area contributed by atoms with Crippen LogP contribution < -0.4 is 0 Å². The summed E-state index contributed by atoms with van der Waals surface area (Å²) in [6.45, 7) is 9.23. The Morgan fingerprint density at radius 2 is 0.893 bits per heavy atom. The standard InChI is InChI=1S/C26H52N2/c1-4-7-8-9-10-11-12-13-14-15-16-17-18-19-20-21-22-23-28-25-24-27(6-3)26(28)5-2/h24-26H,4-23H2,1-3H3. The van der Waals surface area contributed by atoms with E-state index >= 15 is 0 Å². The second-order valence-corrected chi connectivity index (χ2v) is 8.91. The molecule has 0 spiro atoms. The molecule has 28 heavy (non-hydrogen) atoms. The van der Waals surface area contributed by atoms with Crippen LogP contribution in [-0.2, 0) is 0 Å². The van der Waals surface area contributed by atoms with Crippen LogP contribution in [0.5, 0.6) is 0 Å². The molecule has 0 radical (unpaired) electrons. The van der Waals surface area contributed by atoms with Crippen molar-refractivity contribution in [3.05, 3.63) is 12.4 Å². The Morgan fingerprint density at radius 1 is 0.500 bits per heavy atom. The van der Waals surface area contributed by atoms with Crippen molar-refractivity contribution in [1.82, 2.24) is 9.80 Å². The van der Waals surface area contributed by atoms with Crippen molar-refractivity contribution in [1.29, 1.82) is 0 Å². The molecule has 0 amide bonds. The lowest BCUT2D eigenvalue weighted by atomic mass is 10.0. The summed E-state index contributed by atoms with van der Waals surface area (Å²) in [6.07, 6.45) is 31.1. The van der Waals surface area contributed by atoms with Gasteiger partial charge in [0.05, 0.1) is 0 Å². The summed E-state index contributed by atoms with van der Waals surface area (Å²) >= 11 is 0. The van der Waals surface area contributed by atoms with Gasteiger partial charge in [-0.2, -0.15) is 0 Å². The quantitative estimate of drug-likeness (QED) is 0.192. The third kappa shape index (κ3) is 12.0. The molecule has 0 aromatic rings. The van der Waals surface area contributed by atoms with Gasteiger partial charge in [-0.15, -0.1) is 0 Å². The van der Waals surface area contributed by atoms with Gasteiger partial charge in [0.1, 0.15) is 6.17 Å². The maximum Gasteiger partial charge on any atom is 0.100 e. The van der Waals surface area contributed by atoms with Crippen LogP contribution in [-0.4, -0.2) is 29.1 Å². The third-order valence-electron chi connectivity index (χ3n) is 6.47. The number of hydrogen-bond acceptors (Lipinski definition) is 2. The summed E-state index contributed by atoms with van der Waals surface area (Å²) in [5.41, 5.74) is 0. The van der Waals surface area contributed by atoms with Gasteiger partial charge in [0.25, 0.3) is 0 Å². The van der Waals surface area contributed by atoms with Gasteiger partial charge >= 0.3 is 0 Å². The van der Waals surface area contributed by atoms with Crippen molar-refractivity contribution in [2.24, 2.45) is 0 Å². The predicted octanol–water partition coefficient (Wildman–Crippen LogP) is 8.48. The van der Waals surface area contributed by atoms with Crippen molar-refractivity contribution >= 4 is 0 Å². The highest BCUT2D eigenvalue weighted by atomic mass is 15.4. The van der Waals surface area contributed by atoms with E-state index < -0.39 is 0 Å². The van der Waals surface area contributed by atoms with E-state index in [1.807, 2.05) is 0 Å². The van der Waals surface area contributed by atoms with Crippen LogP contribution in [0.25, 0.3) is 0 Å². The van der Waals surface area contributed by atoms with Crippen LogP contribution in [0.3, 0.4) is 0 Å². The summed E-state index contributed by atoms with van der Waals surface area (Å²) in [4.78, 5) is 5.02. The van der Waals surface area contributed by atoms with Gasteiger partial charge in [-0.05, 0) is 19.8 Å². The number of unbranched alkanes of at least 4 members (excludes halogenated alkanes) is 16. The molecule has 0 fully saturated rings. The molecule has 2 nitrogen and oxygen atoms in total. The summed E-state index contributed by atoms with van der Waals surface area (Å²) in [5, 5.41) is 0. The second kappa shape index (κ2) is 18.4. The number of rotatable bonds is 20. The summed E-state index contributed by atoms with van der Waals surface area (Å²) in [7, 11) is 0. The van der Waals surface area contributed by atoms with E-state index in [1.165, 1.54) is 122 Å². The summed E-state index contributed by atoms with van der Waals surface area (Å²) in [5.74, 6) is 0. The average Bonchev–Trinajstić information content (AvgIpc) is 3.12. The molecular weight excluding hydrogens is 340 g/mol. The van der Waals surface area contributed by atoms with Gasteiger partial charge in [0.15, 0.2) is 0 Å². The Kier molecular flexibility index (Phi) is 16.7. The van der Waals surface area contributed by atoms with E-state index in [2.05, 4.69) is 43.0 Å². The van der Waals surface area contributed by atoms with Crippen LogP contribution in [0.15, 0.2) is 12.4 Å². The van der Waals surface area contributed by atoms with E-state index in [0.717, 1.165) is 6.54 Å². The normalized spacial score (nSPS) is 16.5. The third-order valence-corrected chi connectivity index (χ3v) is 6.47. The highest BCUT2D eigenvalue weighted by Crippen LogP contribution is 2.19. The first kappa shape index (κ1) is 25.4. The molecule has 1 rings (SSSR count). The molecule has 1 aliphatic heterocycles. The predicted molar refractivity (Wildman–Crippen MR) is 126 cm³/mol. The van der Waals surface area contributed by atoms with E-state index in [-0.39, 0.29) is 0 Å². The Hall–Kier alpha value is -0.660. The van der Waals surface area contributed by atoms with E-state index in [9.17, 15) is 0 Å². The van der Waals surface area contributed by atoms with Gasteiger partial charge in [0.2, 0.25) is 0 Å². The molecule has 1 aliphatic rings. The Bertz CT molecular complexity index is 352. The lowest BCUT2D eigenvalue weighted by Crippen LogP contribution is -2.38. The van der Waals surface area contributed by atoms with Gasteiger partial charge in [-0.25, -0.2) is 0 Å². The Labute approximate surface area is 178 Å². The SMILES string of the molecule is CCCCCCCCCCCCCCCCCCCN1C=CN(CC)C1CC. The minimum Gasteiger partial charge on any atom is -0.356 e. The Morgan fingerprint density at radius 3 is 1.29 bits per heavy atom. The number of nitrogens with zero attached hydrogens (tertiary/aromatic N) is 2. The molecule has 1 unspecified atom stereocenters. The van der Waals surface area contributed by atoms with Crippen molar-refractivity contribution in [3.8, 4) is 0 Å². The van der Waals surface area contributed by atoms with Crippen molar-refractivity contribution in [2.75, 3.05) is 13.1 Å². The topological polar surface area (TPSA) is 6.48 Å². The van der Waals surface area contributed by atoms with Gasteiger partial charge in [-0.1, -0.05) is 117 Å². The fourth-order valence-electron chi connectivity index (χ4n) is 4.59. The minimum atomic E-state index is 0.617. The van der Waals surface area contributed by atoms with Crippen LogP contribution in [0.1, 0.15) is 136 Å². The minimum absolute atomic E-state index is 0.617. The average molecular weight is 393 g/mol. The van der Waals surface area contributed by atoms with Crippen LogP contribution in [0.4, 0.5) is 0 Å². The maximum absolute atomic E-state index is 2.55. The highest BCUT2D eigenvalue weighted by molar-refractivity contribution is 4.95. The molecule has 0 saturated carbocycles. The van der Waals surface area contributed by atoms with Gasteiger partial charge in [0, 0.05) is 25.5 Å². The fourth-order valence-corrected chi connectivity index (χ4v) is 4.59. The molecule has 166 valence electrons. The van der Waals surface area contributed by atoms with Gasteiger partial charge < -0.3 is 9.80 Å². The maximum atomic E-state index is 2.55. The molecular formula is C26H52N2. The van der Waals surface area contributed by atoms with Crippen molar-refractivity contribution in [2.45, 2.75) is 143 Å². The fraction of sp³-hybridized carbons (Fsp3) is 0.923.